The van der Waals surface area contributed by atoms with Crippen LogP contribution in [-0.2, 0) is 21.3 Å². The highest BCUT2D eigenvalue weighted by Gasteiger charge is 2.37. The third kappa shape index (κ3) is 4.31. The molecule has 3 rings (SSSR count). The van der Waals surface area contributed by atoms with Crippen LogP contribution in [-0.4, -0.2) is 62.0 Å². The Morgan fingerprint density at radius 2 is 1.93 bits per heavy atom. The van der Waals surface area contributed by atoms with Crippen molar-refractivity contribution >= 4 is 33.3 Å². The molecule has 0 aromatic carbocycles. The first-order valence-corrected chi connectivity index (χ1v) is 10.8. The zero-order valence-corrected chi connectivity index (χ0v) is 18.1. The van der Waals surface area contributed by atoms with Gasteiger partial charge in [-0.05, 0) is 38.2 Å². The number of nitrogens with zero attached hydrogens (tertiary/aromatic N) is 2. The predicted molar refractivity (Wildman–Crippen MR) is 108 cm³/mol. The van der Waals surface area contributed by atoms with Crippen LogP contribution < -0.4 is 5.32 Å². The van der Waals surface area contributed by atoms with E-state index in [0.717, 1.165) is 5.76 Å². The van der Waals surface area contributed by atoms with Gasteiger partial charge in [0, 0.05) is 26.2 Å². The molecule has 0 unspecified atom stereocenters. The summed E-state index contributed by atoms with van der Waals surface area (Å²) in [6.07, 6.45) is 1.59. The first-order valence-electron chi connectivity index (χ1n) is 8.99. The lowest BCUT2D eigenvalue weighted by molar-refractivity contribution is 0.0594. The van der Waals surface area contributed by atoms with E-state index in [0.29, 0.717) is 24.7 Å². The van der Waals surface area contributed by atoms with Crippen molar-refractivity contribution in [2.45, 2.75) is 25.3 Å². The van der Waals surface area contributed by atoms with Gasteiger partial charge in [-0.25, -0.2) is 13.2 Å². The van der Waals surface area contributed by atoms with Crippen LogP contribution in [0.4, 0.5) is 0 Å². The van der Waals surface area contributed by atoms with Gasteiger partial charge in [-0.2, -0.15) is 4.31 Å². The Labute approximate surface area is 174 Å². The second kappa shape index (κ2) is 8.56. The van der Waals surface area contributed by atoms with Crippen LogP contribution in [0.2, 0.25) is 0 Å². The van der Waals surface area contributed by atoms with Gasteiger partial charge in [0.2, 0.25) is 10.0 Å². The Kier molecular flexibility index (Phi) is 6.30. The SMILES string of the molecule is COC(=O)c1c(C)oc(C)c1S(=O)(=O)N1CCN(C(=S)NCc2ccco2)CC1. The van der Waals surface area contributed by atoms with E-state index in [9.17, 15) is 13.2 Å². The third-order valence-electron chi connectivity index (χ3n) is 4.71. The molecule has 0 spiro atoms. The molecule has 0 bridgehead atoms. The fourth-order valence-electron chi connectivity index (χ4n) is 3.26. The minimum atomic E-state index is -3.92. The second-order valence-corrected chi connectivity index (χ2v) is 8.80. The number of furan rings is 2. The van der Waals surface area contributed by atoms with E-state index in [1.807, 2.05) is 11.0 Å². The number of thiocarbonyl (C=S) groups is 1. The lowest BCUT2D eigenvalue weighted by Gasteiger charge is -2.35. The maximum atomic E-state index is 13.2. The number of hydrogen-bond donors (Lipinski definition) is 1. The average Bonchev–Trinajstić information content (AvgIpc) is 3.32. The Morgan fingerprint density at radius 1 is 1.24 bits per heavy atom. The highest BCUT2D eigenvalue weighted by Crippen LogP contribution is 2.30. The molecular weight excluding hydrogens is 418 g/mol. The molecule has 2 aromatic heterocycles. The Bertz CT molecular complexity index is 989. The van der Waals surface area contributed by atoms with Crippen molar-refractivity contribution in [3.05, 3.63) is 41.2 Å². The molecule has 0 amide bonds. The molecule has 2 aromatic rings. The number of methoxy groups -OCH3 is 1. The van der Waals surface area contributed by atoms with E-state index >= 15 is 0 Å². The molecule has 0 radical (unpaired) electrons. The maximum Gasteiger partial charge on any atom is 0.342 e. The van der Waals surface area contributed by atoms with Crippen molar-refractivity contribution < 1.29 is 26.8 Å². The largest absolute Gasteiger partial charge is 0.467 e. The van der Waals surface area contributed by atoms with Crippen LogP contribution in [0, 0.1) is 13.8 Å². The van der Waals surface area contributed by atoms with Crippen LogP contribution in [0.1, 0.15) is 27.6 Å². The molecule has 1 aliphatic heterocycles. The van der Waals surface area contributed by atoms with Crippen molar-refractivity contribution in [1.29, 1.82) is 0 Å². The number of nitrogens with one attached hydrogen (secondary N) is 1. The quantitative estimate of drug-likeness (QED) is 0.548. The van der Waals surface area contributed by atoms with Crippen LogP contribution in [0.3, 0.4) is 0 Å². The summed E-state index contributed by atoms with van der Waals surface area (Å²) < 4.78 is 43.1. The summed E-state index contributed by atoms with van der Waals surface area (Å²) in [5, 5.41) is 3.64. The van der Waals surface area contributed by atoms with E-state index in [2.05, 4.69) is 5.32 Å². The van der Waals surface area contributed by atoms with Crippen LogP contribution in [0.25, 0.3) is 0 Å². The molecule has 29 heavy (non-hydrogen) atoms. The number of aryl methyl sites for hydroxylation is 2. The smallest absolute Gasteiger partial charge is 0.342 e. The van der Waals surface area contributed by atoms with Crippen LogP contribution in [0.5, 0.6) is 0 Å². The Hall–Kier alpha value is -2.37. The van der Waals surface area contributed by atoms with E-state index in [1.165, 1.54) is 18.3 Å². The Balaban J connectivity index is 1.69. The normalized spacial score (nSPS) is 15.3. The predicted octanol–water partition coefficient (Wildman–Crippen LogP) is 1.66. The summed E-state index contributed by atoms with van der Waals surface area (Å²) in [6.45, 7) is 4.83. The fourth-order valence-corrected chi connectivity index (χ4v) is 5.31. The number of sulfonamides is 1. The maximum absolute atomic E-state index is 13.2. The van der Waals surface area contributed by atoms with E-state index in [-0.39, 0.29) is 35.1 Å². The molecule has 11 heteroatoms. The van der Waals surface area contributed by atoms with Gasteiger partial charge in [0.1, 0.15) is 27.7 Å². The van der Waals surface area contributed by atoms with Gasteiger partial charge < -0.3 is 23.8 Å². The zero-order chi connectivity index (χ0) is 21.2. The van der Waals surface area contributed by atoms with Gasteiger partial charge in [-0.1, -0.05) is 0 Å². The van der Waals surface area contributed by atoms with Crippen molar-refractivity contribution in [3.8, 4) is 0 Å². The molecule has 158 valence electrons. The Morgan fingerprint density at radius 3 is 2.52 bits per heavy atom. The van der Waals surface area contributed by atoms with Gasteiger partial charge >= 0.3 is 5.97 Å². The minimum Gasteiger partial charge on any atom is -0.467 e. The van der Waals surface area contributed by atoms with Gasteiger partial charge in [0.15, 0.2) is 5.11 Å². The van der Waals surface area contributed by atoms with Crippen molar-refractivity contribution in [3.63, 3.8) is 0 Å². The average molecular weight is 442 g/mol. The molecular formula is C18H23N3O6S2. The monoisotopic (exact) mass is 441 g/mol. The summed E-state index contributed by atoms with van der Waals surface area (Å²) in [6, 6.07) is 3.64. The van der Waals surface area contributed by atoms with Crippen molar-refractivity contribution in [2.24, 2.45) is 0 Å². The molecule has 0 saturated carbocycles. The van der Waals surface area contributed by atoms with Gasteiger partial charge in [0.05, 0.1) is 19.9 Å². The summed E-state index contributed by atoms with van der Waals surface area (Å²) in [7, 11) is -2.72. The molecule has 1 saturated heterocycles. The van der Waals surface area contributed by atoms with E-state index < -0.39 is 16.0 Å². The molecule has 3 heterocycles. The number of piperazine rings is 1. The summed E-state index contributed by atoms with van der Waals surface area (Å²) in [5.74, 6) is 0.408. The lowest BCUT2D eigenvalue weighted by Crippen LogP contribution is -2.53. The zero-order valence-electron chi connectivity index (χ0n) is 16.4. The fraction of sp³-hybridized carbons (Fsp3) is 0.444. The number of esters is 1. The topological polar surface area (TPSA) is 105 Å². The second-order valence-electron chi connectivity index (χ2n) is 6.54. The molecule has 1 fully saturated rings. The molecule has 1 N–H and O–H groups in total. The minimum absolute atomic E-state index is 0.0527. The third-order valence-corrected chi connectivity index (χ3v) is 7.17. The standard InChI is InChI=1S/C18H23N3O6S2/c1-12-15(17(22)25-3)16(13(2)27-12)29(23,24)21-8-6-20(7-9-21)18(28)19-11-14-5-4-10-26-14/h4-5,10H,6-9,11H2,1-3H3,(H,19,28). The summed E-state index contributed by atoms with van der Waals surface area (Å²) in [4.78, 5) is 13.9. The summed E-state index contributed by atoms with van der Waals surface area (Å²) in [5.41, 5.74) is -0.0527. The molecule has 0 aliphatic carbocycles. The first kappa shape index (κ1) is 21.3. The lowest BCUT2D eigenvalue weighted by atomic mass is 10.2. The van der Waals surface area contributed by atoms with Gasteiger partial charge in [-0.3, -0.25) is 0 Å². The van der Waals surface area contributed by atoms with Crippen LogP contribution >= 0.6 is 12.2 Å². The van der Waals surface area contributed by atoms with Crippen molar-refractivity contribution in [1.82, 2.24) is 14.5 Å². The van der Waals surface area contributed by atoms with Crippen LogP contribution in [0.15, 0.2) is 32.1 Å². The van der Waals surface area contributed by atoms with Gasteiger partial charge in [-0.15, -0.1) is 0 Å². The highest BCUT2D eigenvalue weighted by molar-refractivity contribution is 7.89. The number of carbonyl (C=O) groups is 1. The van der Waals surface area contributed by atoms with E-state index in [4.69, 9.17) is 25.8 Å². The molecule has 0 atom stereocenters. The number of carbonyl (C=O) groups excluding carboxylic acids is 1. The first-order chi connectivity index (χ1) is 13.8. The number of rotatable bonds is 5. The van der Waals surface area contributed by atoms with Crippen molar-refractivity contribution in [2.75, 3.05) is 33.3 Å². The number of hydrogen-bond acceptors (Lipinski definition) is 7. The van der Waals surface area contributed by atoms with Gasteiger partial charge in [0.25, 0.3) is 0 Å². The highest BCUT2D eigenvalue weighted by atomic mass is 32.2. The molecule has 9 nitrogen and oxygen atoms in total. The van der Waals surface area contributed by atoms with E-state index in [1.54, 1.807) is 19.3 Å². The summed E-state index contributed by atoms with van der Waals surface area (Å²) >= 11 is 5.40. The molecule has 1 aliphatic rings. The number of ether oxygens (including phenoxy) is 1.